The van der Waals surface area contributed by atoms with Gasteiger partial charge < -0.3 is 5.32 Å². The van der Waals surface area contributed by atoms with Crippen molar-refractivity contribution in [2.24, 2.45) is 0 Å². The molecule has 0 saturated carbocycles. The van der Waals surface area contributed by atoms with E-state index in [-0.39, 0.29) is 6.04 Å². The number of hydrogen-bond donors (Lipinski definition) is 1. The van der Waals surface area contributed by atoms with Gasteiger partial charge in [0.05, 0.1) is 5.56 Å². The fourth-order valence-corrected chi connectivity index (χ4v) is 2.67. The zero-order valence-corrected chi connectivity index (χ0v) is 11.3. The van der Waals surface area contributed by atoms with Crippen LogP contribution in [0.2, 0.25) is 0 Å². The zero-order chi connectivity index (χ0) is 14.8. The van der Waals surface area contributed by atoms with Gasteiger partial charge in [-0.05, 0) is 24.1 Å². The van der Waals surface area contributed by atoms with Gasteiger partial charge in [-0.1, -0.05) is 13.0 Å². The molecule has 0 bridgehead atoms. The Bertz CT molecular complexity index is 453. The van der Waals surface area contributed by atoms with Gasteiger partial charge in [0.15, 0.2) is 0 Å². The maximum atomic E-state index is 13.3. The minimum absolute atomic E-state index is 0.0983. The number of nitrogens with zero attached hydrogens (tertiary/aromatic N) is 1. The van der Waals surface area contributed by atoms with E-state index in [1.54, 1.807) is 0 Å². The maximum absolute atomic E-state index is 13.3. The van der Waals surface area contributed by atoms with Crippen molar-refractivity contribution in [1.29, 1.82) is 0 Å². The lowest BCUT2D eigenvalue weighted by atomic mass is 9.99. The summed E-state index contributed by atoms with van der Waals surface area (Å²) in [5.74, 6) is -1.21. The average molecular weight is 290 g/mol. The van der Waals surface area contributed by atoms with Crippen LogP contribution in [-0.2, 0) is 6.18 Å². The Morgan fingerprint density at radius 2 is 1.90 bits per heavy atom. The summed E-state index contributed by atoms with van der Waals surface area (Å²) in [6, 6.07) is 3.23. The van der Waals surface area contributed by atoms with Crippen molar-refractivity contribution in [2.45, 2.75) is 25.6 Å². The predicted molar refractivity (Wildman–Crippen MR) is 68.9 cm³/mol. The van der Waals surface area contributed by atoms with E-state index < -0.39 is 17.6 Å². The number of alkyl halides is 3. The number of nitrogens with one attached hydrogen (secondary N) is 1. The molecule has 0 radical (unpaired) electrons. The fraction of sp³-hybridized carbons (Fsp3) is 0.571. The molecule has 1 aliphatic heterocycles. The van der Waals surface area contributed by atoms with Crippen LogP contribution in [0.5, 0.6) is 0 Å². The molecule has 0 spiro atoms. The normalized spacial score (nSPS) is 19.1. The van der Waals surface area contributed by atoms with E-state index in [2.05, 4.69) is 10.2 Å². The second-order valence-electron chi connectivity index (χ2n) is 4.95. The molecular weight excluding hydrogens is 272 g/mol. The Balaban J connectivity index is 2.30. The summed E-state index contributed by atoms with van der Waals surface area (Å²) in [5.41, 5.74) is -0.647. The molecule has 1 atom stereocenters. The van der Waals surface area contributed by atoms with E-state index in [0.717, 1.165) is 38.3 Å². The quantitative estimate of drug-likeness (QED) is 0.860. The zero-order valence-electron chi connectivity index (χ0n) is 11.3. The van der Waals surface area contributed by atoms with Crippen LogP contribution in [-0.4, -0.2) is 31.1 Å². The summed E-state index contributed by atoms with van der Waals surface area (Å²) >= 11 is 0. The van der Waals surface area contributed by atoms with Gasteiger partial charge in [-0.25, -0.2) is 4.39 Å². The Labute approximate surface area is 115 Å². The molecule has 1 heterocycles. The molecule has 1 aromatic carbocycles. The maximum Gasteiger partial charge on any atom is 0.419 e. The van der Waals surface area contributed by atoms with Crippen molar-refractivity contribution in [3.8, 4) is 0 Å². The van der Waals surface area contributed by atoms with Crippen LogP contribution in [0.15, 0.2) is 18.2 Å². The highest BCUT2D eigenvalue weighted by Crippen LogP contribution is 2.34. The molecule has 0 aromatic heterocycles. The highest BCUT2D eigenvalue weighted by molar-refractivity contribution is 5.29. The second-order valence-corrected chi connectivity index (χ2v) is 4.95. The highest BCUT2D eigenvalue weighted by atomic mass is 19.4. The van der Waals surface area contributed by atoms with Crippen LogP contribution in [0.3, 0.4) is 0 Å². The molecule has 1 aromatic rings. The first-order chi connectivity index (χ1) is 9.43. The summed E-state index contributed by atoms with van der Waals surface area (Å²) < 4.78 is 51.7. The Morgan fingerprint density at radius 1 is 1.25 bits per heavy atom. The van der Waals surface area contributed by atoms with Crippen molar-refractivity contribution in [2.75, 3.05) is 26.2 Å². The van der Waals surface area contributed by atoms with E-state index in [1.165, 1.54) is 6.07 Å². The lowest BCUT2D eigenvalue weighted by Gasteiger charge is -2.35. The van der Waals surface area contributed by atoms with Gasteiger partial charge >= 0.3 is 6.18 Å². The summed E-state index contributed by atoms with van der Waals surface area (Å²) in [5, 5.41) is 3.21. The predicted octanol–water partition coefficient (Wildman–Crippen LogP) is 3.20. The van der Waals surface area contributed by atoms with Gasteiger partial charge in [-0.15, -0.1) is 0 Å². The number of halogens is 4. The van der Waals surface area contributed by atoms with Crippen LogP contribution in [0.25, 0.3) is 0 Å². The van der Waals surface area contributed by atoms with E-state index in [1.807, 2.05) is 6.92 Å². The van der Waals surface area contributed by atoms with E-state index in [4.69, 9.17) is 0 Å². The largest absolute Gasteiger partial charge is 0.419 e. The fourth-order valence-electron chi connectivity index (χ4n) is 2.67. The second kappa shape index (κ2) is 6.10. The third-order valence-corrected chi connectivity index (χ3v) is 3.66. The van der Waals surface area contributed by atoms with Gasteiger partial charge in [0.2, 0.25) is 0 Å². The molecule has 112 valence electrons. The molecule has 1 fully saturated rings. The molecule has 0 aliphatic carbocycles. The van der Waals surface area contributed by atoms with E-state index >= 15 is 0 Å². The third kappa shape index (κ3) is 3.30. The Morgan fingerprint density at radius 3 is 2.45 bits per heavy atom. The molecule has 0 amide bonds. The van der Waals surface area contributed by atoms with Gasteiger partial charge in [-0.2, -0.15) is 13.2 Å². The first-order valence-corrected chi connectivity index (χ1v) is 6.75. The van der Waals surface area contributed by atoms with Crippen LogP contribution in [0.1, 0.15) is 30.5 Å². The van der Waals surface area contributed by atoms with Crippen LogP contribution in [0.4, 0.5) is 17.6 Å². The lowest BCUT2D eigenvalue weighted by Crippen LogP contribution is -2.45. The van der Waals surface area contributed by atoms with Crippen molar-refractivity contribution in [3.63, 3.8) is 0 Å². The van der Waals surface area contributed by atoms with Gasteiger partial charge in [0.25, 0.3) is 0 Å². The number of piperazine rings is 1. The molecule has 2 rings (SSSR count). The van der Waals surface area contributed by atoms with Crippen LogP contribution >= 0.6 is 0 Å². The molecule has 0 unspecified atom stereocenters. The first-order valence-electron chi connectivity index (χ1n) is 6.75. The molecule has 1 aliphatic rings. The molecule has 1 saturated heterocycles. The van der Waals surface area contributed by atoms with Crippen LogP contribution in [0, 0.1) is 5.82 Å². The van der Waals surface area contributed by atoms with Crippen molar-refractivity contribution < 1.29 is 17.6 Å². The minimum Gasteiger partial charge on any atom is -0.314 e. The van der Waals surface area contributed by atoms with Crippen molar-refractivity contribution >= 4 is 0 Å². The lowest BCUT2D eigenvalue weighted by molar-refractivity contribution is -0.140. The summed E-state index contributed by atoms with van der Waals surface area (Å²) in [6.07, 6.45) is -3.95. The van der Waals surface area contributed by atoms with Crippen molar-refractivity contribution in [1.82, 2.24) is 10.2 Å². The third-order valence-electron chi connectivity index (χ3n) is 3.66. The van der Waals surface area contributed by atoms with Gasteiger partial charge in [0, 0.05) is 32.2 Å². The van der Waals surface area contributed by atoms with E-state index in [9.17, 15) is 17.6 Å². The molecular formula is C14H18F4N2. The summed E-state index contributed by atoms with van der Waals surface area (Å²) in [4.78, 5) is 2.14. The first kappa shape index (κ1) is 15.3. The highest BCUT2D eigenvalue weighted by Gasteiger charge is 2.35. The standard InChI is InChI=1S/C14H18F4N2/c1-2-13(20-7-5-19-6-8-20)10-3-4-12(15)11(9-10)14(16,17)18/h3-4,9,13,19H,2,5-8H2,1H3/t13-/m1/s1. The summed E-state index contributed by atoms with van der Waals surface area (Å²) in [6.45, 7) is 5.16. The molecule has 1 N–H and O–H groups in total. The number of rotatable bonds is 3. The SMILES string of the molecule is CC[C@H](c1ccc(F)c(C(F)(F)F)c1)N1CCNCC1. The Kier molecular flexibility index (Phi) is 4.65. The average Bonchev–Trinajstić information content (AvgIpc) is 2.41. The number of hydrogen-bond acceptors (Lipinski definition) is 2. The molecule has 20 heavy (non-hydrogen) atoms. The molecule has 2 nitrogen and oxygen atoms in total. The topological polar surface area (TPSA) is 15.3 Å². The number of benzene rings is 1. The van der Waals surface area contributed by atoms with Gasteiger partial charge in [-0.3, -0.25) is 4.90 Å². The molecule has 6 heteroatoms. The van der Waals surface area contributed by atoms with Crippen molar-refractivity contribution in [3.05, 3.63) is 35.1 Å². The van der Waals surface area contributed by atoms with E-state index in [0.29, 0.717) is 12.0 Å². The monoisotopic (exact) mass is 290 g/mol. The van der Waals surface area contributed by atoms with Crippen LogP contribution < -0.4 is 5.32 Å². The minimum atomic E-state index is -4.65. The Hall–Kier alpha value is -1.14. The summed E-state index contributed by atoms with van der Waals surface area (Å²) in [7, 11) is 0. The van der Waals surface area contributed by atoms with Gasteiger partial charge in [0.1, 0.15) is 5.82 Å². The smallest absolute Gasteiger partial charge is 0.314 e.